The Balaban J connectivity index is 2.48. The molecule has 5 nitrogen and oxygen atoms in total. The van der Waals surface area contributed by atoms with Crippen molar-refractivity contribution in [3.05, 3.63) is 22.7 Å². The molecule has 0 fully saturated rings. The molecule has 1 atom stereocenters. The van der Waals surface area contributed by atoms with Gasteiger partial charge in [-0.15, -0.1) is 0 Å². The second kappa shape index (κ2) is 6.27. The van der Waals surface area contributed by atoms with Gasteiger partial charge in [0, 0.05) is 12.6 Å². The van der Waals surface area contributed by atoms with Gasteiger partial charge in [-0.2, -0.15) is 0 Å². The van der Waals surface area contributed by atoms with Crippen LogP contribution in [0.2, 0.25) is 0 Å². The van der Waals surface area contributed by atoms with E-state index in [0.717, 1.165) is 12.8 Å². The van der Waals surface area contributed by atoms with Crippen LogP contribution in [-0.2, 0) is 0 Å². The van der Waals surface area contributed by atoms with E-state index in [1.807, 2.05) is 0 Å². The normalized spacial score (nSPS) is 12.8. The van der Waals surface area contributed by atoms with E-state index in [4.69, 9.17) is 0 Å². The average Bonchev–Trinajstić information content (AvgIpc) is 2.28. The summed E-state index contributed by atoms with van der Waals surface area (Å²) in [6.07, 6.45) is 2.83. The minimum Gasteiger partial charge on any atom is -0.391 e. The summed E-state index contributed by atoms with van der Waals surface area (Å²) in [5.74, 6) is 0.781. The zero-order valence-corrected chi connectivity index (χ0v) is 9.73. The van der Waals surface area contributed by atoms with Crippen LogP contribution >= 0.6 is 0 Å². The highest BCUT2D eigenvalue weighted by Crippen LogP contribution is 2.13. The first-order chi connectivity index (χ1) is 7.67. The van der Waals surface area contributed by atoms with Crippen molar-refractivity contribution in [3.63, 3.8) is 0 Å². The molecule has 1 aromatic rings. The second-order valence-electron chi connectivity index (χ2n) is 3.82. The fourth-order valence-electron chi connectivity index (χ4n) is 1.67. The van der Waals surface area contributed by atoms with Crippen LogP contribution in [0.3, 0.4) is 0 Å². The summed E-state index contributed by atoms with van der Waals surface area (Å²) < 4.78 is 0. The molecule has 0 saturated carbocycles. The van der Waals surface area contributed by atoms with E-state index in [1.54, 1.807) is 0 Å². The maximum atomic E-state index is 11.0. The maximum Gasteiger partial charge on any atom is 0.252 e. The van der Waals surface area contributed by atoms with Crippen molar-refractivity contribution in [2.75, 3.05) is 11.9 Å². The lowest BCUT2D eigenvalue weighted by molar-refractivity contribution is 0.114. The highest BCUT2D eigenvalue weighted by Gasteiger charge is 2.14. The number of aliphatic hydroxyl groups excluding tert-OH is 1. The highest BCUT2D eigenvalue weighted by atomic mass is 16.3. The van der Waals surface area contributed by atoms with Crippen molar-refractivity contribution in [3.8, 4) is 0 Å². The van der Waals surface area contributed by atoms with Gasteiger partial charge >= 0.3 is 0 Å². The molecule has 5 heteroatoms. The Morgan fingerprint density at radius 1 is 1.50 bits per heavy atom. The number of H-pyrrole nitrogens is 1. The molecule has 90 valence electrons. The molecule has 16 heavy (non-hydrogen) atoms. The molecule has 1 heterocycles. The van der Waals surface area contributed by atoms with E-state index in [9.17, 15) is 9.90 Å². The topological polar surface area (TPSA) is 78.0 Å². The van der Waals surface area contributed by atoms with Gasteiger partial charge in [0.05, 0.1) is 12.4 Å². The summed E-state index contributed by atoms with van der Waals surface area (Å²) >= 11 is 0. The summed E-state index contributed by atoms with van der Waals surface area (Å²) in [5, 5.41) is 12.8. The first-order valence-corrected chi connectivity index (χ1v) is 5.64. The highest BCUT2D eigenvalue weighted by molar-refractivity contribution is 5.31. The maximum absolute atomic E-state index is 11.0. The Morgan fingerprint density at radius 3 is 2.75 bits per heavy atom. The SMILES string of the molecule is CCC(CC)C(O)CNc1cc(=O)[nH]cn1. The number of aliphatic hydroxyl groups is 1. The molecule has 1 rings (SSSR count). The van der Waals surface area contributed by atoms with Gasteiger partial charge in [0.1, 0.15) is 5.82 Å². The molecular formula is C11H19N3O2. The predicted molar refractivity (Wildman–Crippen MR) is 63.4 cm³/mol. The van der Waals surface area contributed by atoms with Gasteiger partial charge in [-0.25, -0.2) is 4.98 Å². The van der Waals surface area contributed by atoms with Crippen molar-refractivity contribution in [2.24, 2.45) is 5.92 Å². The van der Waals surface area contributed by atoms with Crippen LogP contribution in [0.5, 0.6) is 0 Å². The van der Waals surface area contributed by atoms with Crippen molar-refractivity contribution in [1.82, 2.24) is 9.97 Å². The average molecular weight is 225 g/mol. The molecule has 0 saturated heterocycles. The van der Waals surface area contributed by atoms with Gasteiger partial charge in [0.25, 0.3) is 5.56 Å². The zero-order valence-electron chi connectivity index (χ0n) is 9.73. The molecule has 0 spiro atoms. The molecule has 0 amide bonds. The van der Waals surface area contributed by atoms with Crippen molar-refractivity contribution >= 4 is 5.82 Å². The predicted octanol–water partition coefficient (Wildman–Crippen LogP) is 0.979. The number of nitrogens with one attached hydrogen (secondary N) is 2. The number of hydrogen-bond acceptors (Lipinski definition) is 4. The van der Waals surface area contributed by atoms with Crippen LogP contribution < -0.4 is 10.9 Å². The minimum absolute atomic E-state index is 0.200. The number of aromatic amines is 1. The Labute approximate surface area is 94.9 Å². The summed E-state index contributed by atoms with van der Waals surface area (Å²) in [4.78, 5) is 17.4. The minimum atomic E-state index is -0.406. The van der Waals surface area contributed by atoms with Crippen molar-refractivity contribution in [1.29, 1.82) is 0 Å². The summed E-state index contributed by atoms with van der Waals surface area (Å²) in [6.45, 7) is 4.54. The fourth-order valence-corrected chi connectivity index (χ4v) is 1.67. The molecule has 0 aromatic carbocycles. The van der Waals surface area contributed by atoms with Crippen LogP contribution in [0.4, 0.5) is 5.82 Å². The number of anilines is 1. The lowest BCUT2D eigenvalue weighted by atomic mass is 9.97. The van der Waals surface area contributed by atoms with Crippen LogP contribution in [0.1, 0.15) is 26.7 Å². The number of aromatic nitrogens is 2. The molecule has 0 aliphatic heterocycles. The molecule has 0 aliphatic rings. The zero-order chi connectivity index (χ0) is 12.0. The quantitative estimate of drug-likeness (QED) is 0.674. The van der Waals surface area contributed by atoms with Gasteiger partial charge < -0.3 is 15.4 Å². The summed E-state index contributed by atoms with van der Waals surface area (Å²) in [5.41, 5.74) is -0.200. The first-order valence-electron chi connectivity index (χ1n) is 5.64. The second-order valence-corrected chi connectivity index (χ2v) is 3.82. The van der Waals surface area contributed by atoms with E-state index in [0.29, 0.717) is 12.4 Å². The van der Waals surface area contributed by atoms with Crippen LogP contribution in [0.15, 0.2) is 17.2 Å². The summed E-state index contributed by atoms with van der Waals surface area (Å²) in [6, 6.07) is 1.37. The Bertz CT molecular complexity index is 360. The van der Waals surface area contributed by atoms with E-state index in [2.05, 4.69) is 29.1 Å². The lowest BCUT2D eigenvalue weighted by Gasteiger charge is -2.20. The molecule has 1 unspecified atom stereocenters. The van der Waals surface area contributed by atoms with E-state index < -0.39 is 6.10 Å². The smallest absolute Gasteiger partial charge is 0.252 e. The van der Waals surface area contributed by atoms with Gasteiger partial charge in [-0.05, 0) is 5.92 Å². The molecule has 1 aromatic heterocycles. The lowest BCUT2D eigenvalue weighted by Crippen LogP contribution is -2.28. The summed E-state index contributed by atoms with van der Waals surface area (Å²) in [7, 11) is 0. The molecule has 0 radical (unpaired) electrons. The van der Waals surface area contributed by atoms with Crippen LogP contribution in [0.25, 0.3) is 0 Å². The van der Waals surface area contributed by atoms with E-state index in [-0.39, 0.29) is 11.5 Å². The number of nitrogens with zero attached hydrogens (tertiary/aromatic N) is 1. The Kier molecular flexibility index (Phi) is 4.98. The molecular weight excluding hydrogens is 206 g/mol. The first kappa shape index (κ1) is 12.7. The Morgan fingerprint density at radius 2 is 2.19 bits per heavy atom. The fraction of sp³-hybridized carbons (Fsp3) is 0.636. The van der Waals surface area contributed by atoms with Crippen molar-refractivity contribution in [2.45, 2.75) is 32.8 Å². The van der Waals surface area contributed by atoms with Gasteiger partial charge in [-0.3, -0.25) is 4.79 Å². The standard InChI is InChI=1S/C11H19N3O2/c1-3-8(4-2)9(15)6-12-10-5-11(16)14-7-13-10/h5,7-9,15H,3-4,6H2,1-2H3,(H2,12,13,14,16). The van der Waals surface area contributed by atoms with Crippen molar-refractivity contribution < 1.29 is 5.11 Å². The van der Waals surface area contributed by atoms with E-state index in [1.165, 1.54) is 12.4 Å². The largest absolute Gasteiger partial charge is 0.391 e. The third-order valence-electron chi connectivity index (χ3n) is 2.76. The monoisotopic (exact) mass is 225 g/mol. The molecule has 3 N–H and O–H groups in total. The van der Waals surface area contributed by atoms with Gasteiger partial charge in [-0.1, -0.05) is 26.7 Å². The van der Waals surface area contributed by atoms with Crippen LogP contribution in [0, 0.1) is 5.92 Å². The Hall–Kier alpha value is -1.36. The molecule has 0 aliphatic carbocycles. The number of rotatable bonds is 6. The van der Waals surface area contributed by atoms with Crippen LogP contribution in [-0.4, -0.2) is 27.7 Å². The third kappa shape index (κ3) is 3.66. The third-order valence-corrected chi connectivity index (χ3v) is 2.76. The molecule has 0 bridgehead atoms. The van der Waals surface area contributed by atoms with Gasteiger partial charge in [0.2, 0.25) is 0 Å². The van der Waals surface area contributed by atoms with Gasteiger partial charge in [0.15, 0.2) is 0 Å². The number of hydrogen-bond donors (Lipinski definition) is 3. The van der Waals surface area contributed by atoms with E-state index >= 15 is 0 Å².